The van der Waals surface area contributed by atoms with Crippen molar-refractivity contribution in [3.8, 4) is 22.9 Å². The number of nitrogens with zero attached hydrogens (tertiary/aromatic N) is 7. The predicted octanol–water partition coefficient (Wildman–Crippen LogP) is 3.96. The first-order chi connectivity index (χ1) is 17.6. The fraction of sp³-hybridized carbons (Fsp3) is 0.333. The van der Waals surface area contributed by atoms with E-state index in [2.05, 4.69) is 26.1 Å². The molecular formula is C27H32N8O2. The van der Waals surface area contributed by atoms with Crippen LogP contribution in [0.2, 0.25) is 0 Å². The topological polar surface area (TPSA) is 136 Å². The van der Waals surface area contributed by atoms with Crippen LogP contribution in [0.3, 0.4) is 0 Å². The highest BCUT2D eigenvalue weighted by atomic mass is 16.5. The van der Waals surface area contributed by atoms with Crippen molar-refractivity contribution in [1.29, 1.82) is 5.26 Å². The average Bonchev–Trinajstić information content (AvgIpc) is 3.21. The van der Waals surface area contributed by atoms with Crippen LogP contribution in [0.4, 0.5) is 5.82 Å². The van der Waals surface area contributed by atoms with Crippen molar-refractivity contribution >= 4 is 23.1 Å². The maximum Gasteiger partial charge on any atom is 0.168 e. The van der Waals surface area contributed by atoms with Crippen LogP contribution in [0.5, 0.6) is 5.75 Å². The van der Waals surface area contributed by atoms with Gasteiger partial charge in [0.1, 0.15) is 29.7 Å². The quantitative estimate of drug-likeness (QED) is 0.390. The van der Waals surface area contributed by atoms with Gasteiger partial charge < -0.3 is 15.4 Å². The molecule has 0 amide bonds. The predicted molar refractivity (Wildman–Crippen MR) is 144 cm³/mol. The van der Waals surface area contributed by atoms with Gasteiger partial charge in [-0.15, -0.1) is 0 Å². The third-order valence-electron chi connectivity index (χ3n) is 5.61. The molecule has 0 spiro atoms. The van der Waals surface area contributed by atoms with Gasteiger partial charge in [0.05, 0.1) is 29.3 Å². The maximum atomic E-state index is 11.1. The number of ether oxygens (including phenoxy) is 1. The second kappa shape index (κ2) is 11.6. The number of hydrogen-bond acceptors (Lipinski definition) is 9. The lowest BCUT2D eigenvalue weighted by Gasteiger charge is -2.22. The second-order valence-corrected chi connectivity index (χ2v) is 9.00. The van der Waals surface area contributed by atoms with Crippen molar-refractivity contribution in [2.45, 2.75) is 33.7 Å². The first-order valence-electron chi connectivity index (χ1n) is 11.8. The summed E-state index contributed by atoms with van der Waals surface area (Å²) in [6.45, 7) is 8.02. The lowest BCUT2D eigenvalue weighted by molar-refractivity contribution is 0.111. The van der Waals surface area contributed by atoms with Crippen molar-refractivity contribution in [3.63, 3.8) is 0 Å². The van der Waals surface area contributed by atoms with Gasteiger partial charge in [0, 0.05) is 22.9 Å². The van der Waals surface area contributed by atoms with Gasteiger partial charge in [-0.1, -0.05) is 6.07 Å². The summed E-state index contributed by atoms with van der Waals surface area (Å²) < 4.78 is 7.91. The number of nitrogens with two attached hydrogens (primary N) is 1. The van der Waals surface area contributed by atoms with E-state index in [0.29, 0.717) is 57.9 Å². The zero-order valence-electron chi connectivity index (χ0n) is 22.3. The Hall–Kier alpha value is -4.36. The summed E-state index contributed by atoms with van der Waals surface area (Å²) in [7, 11) is 6.00. The lowest BCUT2D eigenvalue weighted by Crippen LogP contribution is -2.13. The Morgan fingerprint density at radius 2 is 1.92 bits per heavy atom. The zero-order chi connectivity index (χ0) is 27.3. The minimum Gasteiger partial charge on any atom is -0.493 e. The van der Waals surface area contributed by atoms with Crippen LogP contribution in [0.15, 0.2) is 30.7 Å². The van der Waals surface area contributed by atoms with Gasteiger partial charge in [0.25, 0.3) is 0 Å². The van der Waals surface area contributed by atoms with Crippen molar-refractivity contribution in [2.24, 2.45) is 0 Å². The molecule has 0 aliphatic carbocycles. The number of pyridine rings is 1. The number of carbonyl (C=O) groups excluding carboxylic acids is 1. The van der Waals surface area contributed by atoms with Gasteiger partial charge in [-0.3, -0.25) is 9.78 Å². The molecular weight excluding hydrogens is 468 g/mol. The van der Waals surface area contributed by atoms with E-state index < -0.39 is 0 Å². The monoisotopic (exact) mass is 500 g/mol. The molecule has 0 aliphatic rings. The molecule has 1 aromatic carbocycles. The molecule has 10 heteroatoms. The third kappa shape index (κ3) is 5.57. The third-order valence-corrected chi connectivity index (χ3v) is 5.61. The Kier molecular flexibility index (Phi) is 8.52. The number of benzene rings is 1. The summed E-state index contributed by atoms with van der Waals surface area (Å²) in [5, 5.41) is 15.3. The molecule has 1 atom stereocenters. The molecule has 2 N–H and O–H groups in total. The molecule has 37 heavy (non-hydrogen) atoms. The van der Waals surface area contributed by atoms with Crippen LogP contribution in [0.25, 0.3) is 22.2 Å². The first kappa shape index (κ1) is 27.2. The molecule has 4 rings (SSSR count). The van der Waals surface area contributed by atoms with E-state index in [1.165, 1.54) is 6.33 Å². The molecule has 192 valence electrons. The number of nitriles is 1. The lowest BCUT2D eigenvalue weighted by atomic mass is 9.91. The van der Waals surface area contributed by atoms with Crippen LogP contribution < -0.4 is 10.5 Å². The fourth-order valence-electron chi connectivity index (χ4n) is 4.05. The summed E-state index contributed by atoms with van der Waals surface area (Å²) in [5.74, 6) is 0.940. The van der Waals surface area contributed by atoms with Gasteiger partial charge in [-0.2, -0.15) is 10.4 Å². The van der Waals surface area contributed by atoms with Crippen molar-refractivity contribution in [1.82, 2.24) is 29.6 Å². The molecule has 1 unspecified atom stereocenters. The molecule has 4 aromatic rings. The largest absolute Gasteiger partial charge is 0.493 e. The van der Waals surface area contributed by atoms with E-state index in [-0.39, 0.29) is 6.04 Å². The van der Waals surface area contributed by atoms with Crippen molar-refractivity contribution in [2.75, 3.05) is 33.5 Å². The first-order valence-corrected chi connectivity index (χ1v) is 11.8. The Balaban J connectivity index is 0.000000886. The molecule has 0 radical (unpaired) electrons. The zero-order valence-corrected chi connectivity index (χ0v) is 22.3. The Morgan fingerprint density at radius 1 is 1.22 bits per heavy atom. The molecule has 0 fully saturated rings. The number of hydrogen-bond donors (Lipinski definition) is 1. The van der Waals surface area contributed by atoms with E-state index in [9.17, 15) is 10.1 Å². The number of aldehydes is 1. The molecule has 10 nitrogen and oxygen atoms in total. The summed E-state index contributed by atoms with van der Waals surface area (Å²) in [5.41, 5.74) is 11.2. The van der Waals surface area contributed by atoms with Gasteiger partial charge in [-0.05, 0) is 66.5 Å². The highest BCUT2D eigenvalue weighted by Crippen LogP contribution is 2.42. The van der Waals surface area contributed by atoms with Crippen LogP contribution in [-0.2, 0) is 0 Å². The number of aromatic nitrogens is 5. The van der Waals surface area contributed by atoms with E-state index in [4.69, 9.17) is 10.5 Å². The number of fused-ring (bicyclic) bond motifs is 1. The van der Waals surface area contributed by atoms with Gasteiger partial charge in [0.15, 0.2) is 11.9 Å². The Labute approximate surface area is 216 Å². The average molecular weight is 501 g/mol. The van der Waals surface area contributed by atoms with E-state index >= 15 is 0 Å². The van der Waals surface area contributed by atoms with Gasteiger partial charge in [0.2, 0.25) is 0 Å². The molecule has 0 aliphatic heterocycles. The minimum atomic E-state index is -0.288. The summed E-state index contributed by atoms with van der Waals surface area (Å²) in [6, 6.07) is 7.34. The number of carbonyl (C=O) groups is 1. The highest BCUT2D eigenvalue weighted by Gasteiger charge is 2.26. The standard InChI is InChI=1S/C24H23N7O2.C3H9N/c1-5-33-22-18(15(4)31-24-20(14(3)30-31)23(26)28-12-29-24)8-13(2)19(9-25)21(22)16-6-7-17(11-32)27-10-16;1-4(2)3/h6-8,10-12,15H,5H2,1-4H3,(H2,26,28,29);1-3H3. The number of anilines is 1. The summed E-state index contributed by atoms with van der Waals surface area (Å²) in [6.07, 6.45) is 3.68. The molecule has 0 bridgehead atoms. The Morgan fingerprint density at radius 3 is 2.49 bits per heavy atom. The van der Waals surface area contributed by atoms with Crippen LogP contribution in [-0.4, -0.2) is 63.7 Å². The van der Waals surface area contributed by atoms with E-state index in [1.54, 1.807) is 23.0 Å². The van der Waals surface area contributed by atoms with Crippen LogP contribution in [0.1, 0.15) is 52.8 Å². The van der Waals surface area contributed by atoms with Crippen molar-refractivity contribution in [3.05, 3.63) is 58.8 Å². The smallest absolute Gasteiger partial charge is 0.168 e. The summed E-state index contributed by atoms with van der Waals surface area (Å²) in [4.78, 5) is 25.8. The molecule has 3 aromatic heterocycles. The number of nitrogen functional groups attached to an aromatic ring is 1. The molecule has 3 heterocycles. The van der Waals surface area contributed by atoms with Crippen molar-refractivity contribution < 1.29 is 9.53 Å². The second-order valence-electron chi connectivity index (χ2n) is 9.00. The van der Waals surface area contributed by atoms with Crippen LogP contribution >= 0.6 is 0 Å². The normalized spacial score (nSPS) is 11.5. The van der Waals surface area contributed by atoms with E-state index in [1.807, 2.05) is 59.8 Å². The van der Waals surface area contributed by atoms with Gasteiger partial charge in [-0.25, -0.2) is 14.6 Å². The van der Waals surface area contributed by atoms with E-state index in [0.717, 1.165) is 16.8 Å². The Bertz CT molecular complexity index is 1450. The minimum absolute atomic E-state index is 0.288. The molecule has 0 saturated heterocycles. The number of aryl methyl sites for hydroxylation is 2. The van der Waals surface area contributed by atoms with Gasteiger partial charge >= 0.3 is 0 Å². The van der Waals surface area contributed by atoms with Crippen LogP contribution in [0, 0.1) is 25.2 Å². The maximum absolute atomic E-state index is 11.1. The summed E-state index contributed by atoms with van der Waals surface area (Å²) >= 11 is 0. The number of rotatable bonds is 6. The highest BCUT2D eigenvalue weighted by molar-refractivity contribution is 5.88. The molecule has 0 saturated carbocycles. The SMILES string of the molecule is CCOc1c(C(C)n2nc(C)c3c(N)ncnc32)cc(C)c(C#N)c1-c1ccc(C=O)nc1.CN(C)C. The fourth-order valence-corrected chi connectivity index (χ4v) is 4.05.